The standard InChI is InChI=1S/C9H10BrF3N2O2S/c1-15(5-9(11,12)13)18(16,17)6-2-3-8(14)7(10)4-6/h2-4H,5,14H2,1H3. The van der Waals surface area contributed by atoms with Crippen LogP contribution in [0.25, 0.3) is 0 Å². The lowest BCUT2D eigenvalue weighted by molar-refractivity contribution is -0.134. The molecule has 1 aromatic rings. The van der Waals surface area contributed by atoms with Gasteiger partial charge in [0.2, 0.25) is 10.0 Å². The fourth-order valence-corrected chi connectivity index (χ4v) is 2.90. The molecule has 18 heavy (non-hydrogen) atoms. The van der Waals surface area contributed by atoms with Crippen LogP contribution in [-0.2, 0) is 10.0 Å². The predicted molar refractivity (Wildman–Crippen MR) is 64.4 cm³/mol. The number of rotatable bonds is 3. The lowest BCUT2D eigenvalue weighted by atomic mass is 10.3. The van der Waals surface area contributed by atoms with E-state index in [1.54, 1.807) is 0 Å². The first kappa shape index (κ1) is 15.3. The minimum Gasteiger partial charge on any atom is -0.398 e. The molecule has 0 spiro atoms. The molecular formula is C9H10BrF3N2O2S. The molecule has 0 aliphatic carbocycles. The van der Waals surface area contributed by atoms with Gasteiger partial charge in [0.05, 0.1) is 4.90 Å². The van der Waals surface area contributed by atoms with Crippen LogP contribution in [0.4, 0.5) is 18.9 Å². The Hall–Kier alpha value is -0.800. The van der Waals surface area contributed by atoms with Crippen molar-refractivity contribution in [2.45, 2.75) is 11.1 Å². The van der Waals surface area contributed by atoms with Crippen LogP contribution in [-0.4, -0.2) is 32.5 Å². The van der Waals surface area contributed by atoms with Crippen molar-refractivity contribution in [2.24, 2.45) is 0 Å². The van der Waals surface area contributed by atoms with E-state index in [-0.39, 0.29) is 9.20 Å². The molecule has 0 aliphatic heterocycles. The predicted octanol–water partition coefficient (Wildman–Crippen LogP) is 2.21. The number of nitrogens with zero attached hydrogens (tertiary/aromatic N) is 1. The molecule has 102 valence electrons. The van der Waals surface area contributed by atoms with Crippen molar-refractivity contribution in [1.82, 2.24) is 4.31 Å². The van der Waals surface area contributed by atoms with Crippen LogP contribution in [0.2, 0.25) is 0 Å². The lowest BCUT2D eigenvalue weighted by Gasteiger charge is -2.19. The molecule has 0 heterocycles. The largest absolute Gasteiger partial charge is 0.402 e. The number of sulfonamides is 1. The van der Waals surface area contributed by atoms with Crippen LogP contribution in [0.5, 0.6) is 0 Å². The fraction of sp³-hybridized carbons (Fsp3) is 0.333. The van der Waals surface area contributed by atoms with Gasteiger partial charge in [0, 0.05) is 17.2 Å². The normalized spacial score (nSPS) is 13.0. The third kappa shape index (κ3) is 3.59. The van der Waals surface area contributed by atoms with E-state index in [4.69, 9.17) is 5.73 Å². The zero-order chi connectivity index (χ0) is 14.1. The fourth-order valence-electron chi connectivity index (χ4n) is 1.19. The first-order valence-electron chi connectivity index (χ1n) is 4.62. The first-order chi connectivity index (χ1) is 8.04. The van der Waals surface area contributed by atoms with Crippen molar-refractivity contribution < 1.29 is 21.6 Å². The van der Waals surface area contributed by atoms with E-state index in [9.17, 15) is 21.6 Å². The molecule has 1 aromatic carbocycles. The molecule has 9 heteroatoms. The van der Waals surface area contributed by atoms with E-state index in [0.717, 1.165) is 19.2 Å². The van der Waals surface area contributed by atoms with Crippen LogP contribution < -0.4 is 5.73 Å². The second-order valence-corrected chi connectivity index (χ2v) is 6.46. The van der Waals surface area contributed by atoms with Gasteiger partial charge in [0.25, 0.3) is 0 Å². The summed E-state index contributed by atoms with van der Waals surface area (Å²) in [6.45, 7) is -1.54. The van der Waals surface area contributed by atoms with Gasteiger partial charge in [0.1, 0.15) is 6.54 Å². The van der Waals surface area contributed by atoms with E-state index in [1.165, 1.54) is 6.07 Å². The Morgan fingerprint density at radius 2 is 1.94 bits per heavy atom. The van der Waals surface area contributed by atoms with E-state index >= 15 is 0 Å². The maximum atomic E-state index is 12.2. The summed E-state index contributed by atoms with van der Waals surface area (Å²) in [6.07, 6.45) is -4.59. The van der Waals surface area contributed by atoms with Crippen LogP contribution in [0, 0.1) is 0 Å². The van der Waals surface area contributed by atoms with Gasteiger partial charge in [-0.25, -0.2) is 8.42 Å². The average molecular weight is 347 g/mol. The van der Waals surface area contributed by atoms with Crippen molar-refractivity contribution in [3.05, 3.63) is 22.7 Å². The highest BCUT2D eigenvalue weighted by molar-refractivity contribution is 9.10. The van der Waals surface area contributed by atoms with Crippen LogP contribution >= 0.6 is 15.9 Å². The molecule has 1 rings (SSSR count). The van der Waals surface area contributed by atoms with Crippen molar-refractivity contribution >= 4 is 31.6 Å². The molecule has 2 N–H and O–H groups in total. The SMILES string of the molecule is CN(CC(F)(F)F)S(=O)(=O)c1ccc(N)c(Br)c1. The molecule has 0 amide bonds. The van der Waals surface area contributed by atoms with Crippen LogP contribution in [0.1, 0.15) is 0 Å². The number of nitrogens with two attached hydrogens (primary N) is 1. The minimum atomic E-state index is -4.59. The van der Waals surface area contributed by atoms with Crippen LogP contribution in [0.15, 0.2) is 27.6 Å². The smallest absolute Gasteiger partial charge is 0.398 e. The summed E-state index contributed by atoms with van der Waals surface area (Å²) in [5, 5.41) is 0. The number of benzene rings is 1. The quantitative estimate of drug-likeness (QED) is 0.853. The monoisotopic (exact) mass is 346 g/mol. The maximum absolute atomic E-state index is 12.2. The molecule has 0 radical (unpaired) electrons. The first-order valence-corrected chi connectivity index (χ1v) is 6.85. The Labute approximate surface area is 111 Å². The summed E-state index contributed by atoms with van der Waals surface area (Å²) in [6, 6.07) is 3.62. The Bertz CT molecular complexity index is 545. The van der Waals surface area contributed by atoms with Crippen molar-refractivity contribution in [1.29, 1.82) is 0 Å². The molecule has 0 aliphatic rings. The topological polar surface area (TPSA) is 63.4 Å². The van der Waals surface area contributed by atoms with Gasteiger partial charge >= 0.3 is 6.18 Å². The van der Waals surface area contributed by atoms with Crippen LogP contribution in [0.3, 0.4) is 0 Å². The number of hydrogen-bond acceptors (Lipinski definition) is 3. The van der Waals surface area contributed by atoms with E-state index in [1.807, 2.05) is 0 Å². The number of nitrogen functional groups attached to an aromatic ring is 1. The van der Waals surface area contributed by atoms with Crippen molar-refractivity contribution in [3.8, 4) is 0 Å². The highest BCUT2D eigenvalue weighted by atomic mass is 79.9. The molecule has 0 atom stereocenters. The Kier molecular flexibility index (Phi) is 4.29. The van der Waals surface area contributed by atoms with Gasteiger partial charge in [0.15, 0.2) is 0 Å². The van der Waals surface area contributed by atoms with Gasteiger partial charge in [-0.2, -0.15) is 17.5 Å². The number of anilines is 1. The van der Waals surface area contributed by atoms with Crippen molar-refractivity contribution in [2.75, 3.05) is 19.3 Å². The third-order valence-electron chi connectivity index (χ3n) is 2.08. The van der Waals surface area contributed by atoms with Crippen molar-refractivity contribution in [3.63, 3.8) is 0 Å². The lowest BCUT2D eigenvalue weighted by Crippen LogP contribution is -2.35. The molecule has 0 aromatic heterocycles. The zero-order valence-corrected chi connectivity index (χ0v) is 11.6. The summed E-state index contributed by atoms with van der Waals surface area (Å²) >= 11 is 3.02. The molecule has 4 nitrogen and oxygen atoms in total. The molecule has 0 fully saturated rings. The second-order valence-electron chi connectivity index (χ2n) is 3.56. The summed E-state index contributed by atoms with van der Waals surface area (Å²) in [5.41, 5.74) is 5.77. The third-order valence-corrected chi connectivity index (χ3v) is 4.57. The summed E-state index contributed by atoms with van der Waals surface area (Å²) in [4.78, 5) is -0.254. The van der Waals surface area contributed by atoms with Gasteiger partial charge in [-0.05, 0) is 34.1 Å². The summed E-state index contributed by atoms with van der Waals surface area (Å²) in [7, 11) is -3.32. The Balaban J connectivity index is 3.10. The maximum Gasteiger partial charge on any atom is 0.402 e. The highest BCUT2D eigenvalue weighted by Crippen LogP contribution is 2.26. The molecule has 0 saturated heterocycles. The number of alkyl halides is 3. The van der Waals surface area contributed by atoms with Gasteiger partial charge < -0.3 is 5.73 Å². The molecule has 0 unspecified atom stereocenters. The summed E-state index contributed by atoms with van der Waals surface area (Å²) < 4.78 is 60.7. The molecule has 0 bridgehead atoms. The summed E-state index contributed by atoms with van der Waals surface area (Å²) in [5.74, 6) is 0. The van der Waals surface area contributed by atoms with Gasteiger partial charge in [-0.1, -0.05) is 0 Å². The Morgan fingerprint density at radius 1 is 1.39 bits per heavy atom. The highest BCUT2D eigenvalue weighted by Gasteiger charge is 2.34. The number of hydrogen-bond donors (Lipinski definition) is 1. The van der Waals surface area contributed by atoms with E-state index in [2.05, 4.69) is 15.9 Å². The van der Waals surface area contributed by atoms with Gasteiger partial charge in [-0.15, -0.1) is 0 Å². The zero-order valence-electron chi connectivity index (χ0n) is 9.20. The number of halogens is 4. The van der Waals surface area contributed by atoms with E-state index < -0.39 is 22.7 Å². The second kappa shape index (κ2) is 5.06. The Morgan fingerprint density at radius 3 is 2.39 bits per heavy atom. The average Bonchev–Trinajstić information content (AvgIpc) is 2.19. The molecule has 0 saturated carbocycles. The van der Waals surface area contributed by atoms with E-state index in [0.29, 0.717) is 10.2 Å². The molecular weight excluding hydrogens is 337 g/mol. The minimum absolute atomic E-state index is 0.241. The van der Waals surface area contributed by atoms with Gasteiger partial charge in [-0.3, -0.25) is 0 Å².